The van der Waals surface area contributed by atoms with Crippen LogP contribution < -0.4 is 5.32 Å². The zero-order valence-electron chi connectivity index (χ0n) is 12.3. The molecule has 1 rings (SSSR count). The normalized spacial score (nSPS) is 12.1. The van der Waals surface area contributed by atoms with Crippen LogP contribution in [0.3, 0.4) is 0 Å². The minimum atomic E-state index is -4.49. The average molecular weight is 328 g/mol. The fourth-order valence-electron chi connectivity index (χ4n) is 1.89. The van der Waals surface area contributed by atoms with E-state index in [2.05, 4.69) is 10.1 Å². The lowest BCUT2D eigenvalue weighted by atomic mass is 10.1. The molecule has 0 aliphatic heterocycles. The van der Waals surface area contributed by atoms with Crippen LogP contribution in [-0.4, -0.2) is 25.0 Å². The van der Waals surface area contributed by atoms with Gasteiger partial charge in [-0.3, -0.25) is 4.79 Å². The summed E-state index contributed by atoms with van der Waals surface area (Å²) in [4.78, 5) is 23.4. The molecule has 8 heteroatoms. The number of esters is 1. The van der Waals surface area contributed by atoms with E-state index in [0.29, 0.717) is 0 Å². The molecule has 0 unspecified atom stereocenters. The number of amides is 1. The lowest BCUT2D eigenvalue weighted by Gasteiger charge is -2.15. The molecule has 1 amide bonds. The highest BCUT2D eigenvalue weighted by Gasteiger charge is 2.30. The number of carbonyl (C=O) groups is 2. The molecule has 1 aromatic carbocycles. The molecule has 0 fully saturated rings. The van der Waals surface area contributed by atoms with Gasteiger partial charge in [-0.2, -0.15) is 18.4 Å². The molecule has 1 atom stereocenters. The minimum Gasteiger partial charge on any atom is -0.467 e. The molecular weight excluding hydrogens is 313 g/mol. The van der Waals surface area contributed by atoms with Gasteiger partial charge in [-0.15, -0.1) is 0 Å². The number of carbonyl (C=O) groups excluding carboxylic acids is 2. The van der Waals surface area contributed by atoms with Crippen LogP contribution >= 0.6 is 0 Å². The Hall–Kier alpha value is -2.56. The second-order valence-corrected chi connectivity index (χ2v) is 4.71. The fraction of sp³-hybridized carbons (Fsp3) is 0.400. The summed E-state index contributed by atoms with van der Waals surface area (Å²) in [6, 6.07) is 5.22. The van der Waals surface area contributed by atoms with Crippen molar-refractivity contribution < 1.29 is 27.5 Å². The summed E-state index contributed by atoms with van der Waals surface area (Å²) >= 11 is 0. The third kappa shape index (κ3) is 5.98. The summed E-state index contributed by atoms with van der Waals surface area (Å²) in [6.07, 6.45) is -4.71. The Bertz CT molecular complexity index is 609. The number of ether oxygens (including phenoxy) is 1. The highest BCUT2D eigenvalue weighted by atomic mass is 19.4. The number of nitriles is 1. The van der Waals surface area contributed by atoms with Crippen LogP contribution in [0, 0.1) is 11.3 Å². The monoisotopic (exact) mass is 328 g/mol. The number of nitrogens with one attached hydrogen (secondary N) is 1. The minimum absolute atomic E-state index is 0.0314. The van der Waals surface area contributed by atoms with Crippen molar-refractivity contribution >= 4 is 11.9 Å². The number of halogens is 3. The molecular formula is C15H15F3N2O3. The molecule has 0 aliphatic carbocycles. The molecule has 0 aromatic heterocycles. The third-order valence-corrected chi connectivity index (χ3v) is 2.98. The van der Waals surface area contributed by atoms with Crippen molar-refractivity contribution in [2.75, 3.05) is 7.11 Å². The number of nitrogens with zero attached hydrogens (tertiary/aromatic N) is 1. The SMILES string of the molecule is COC(=O)[C@@H](CCC#N)NC(=O)Cc1cccc(C(F)(F)F)c1. The van der Waals surface area contributed by atoms with Crippen LogP contribution in [0.1, 0.15) is 24.0 Å². The smallest absolute Gasteiger partial charge is 0.416 e. The van der Waals surface area contributed by atoms with Gasteiger partial charge in [-0.05, 0) is 18.1 Å². The summed E-state index contributed by atoms with van der Waals surface area (Å²) in [5, 5.41) is 10.9. The molecule has 0 aliphatic rings. The summed E-state index contributed by atoms with van der Waals surface area (Å²) < 4.78 is 42.4. The van der Waals surface area contributed by atoms with Crippen molar-refractivity contribution in [3.63, 3.8) is 0 Å². The predicted octanol–water partition coefficient (Wildman–Crippen LogP) is 2.21. The highest BCUT2D eigenvalue weighted by molar-refractivity contribution is 5.85. The summed E-state index contributed by atoms with van der Waals surface area (Å²) in [5.41, 5.74) is -0.682. The standard InChI is InChI=1S/C15H15F3N2O3/c1-23-14(22)12(6-3-7-19)20-13(21)9-10-4-2-5-11(8-10)15(16,17)18/h2,4-5,8,12H,3,6,9H2,1H3,(H,20,21)/t12-/m1/s1. The van der Waals surface area contributed by atoms with Crippen LogP contribution in [0.5, 0.6) is 0 Å². The largest absolute Gasteiger partial charge is 0.467 e. The van der Waals surface area contributed by atoms with Gasteiger partial charge in [0.25, 0.3) is 0 Å². The van der Waals surface area contributed by atoms with Crippen LogP contribution in [-0.2, 0) is 26.9 Å². The van der Waals surface area contributed by atoms with E-state index in [9.17, 15) is 22.8 Å². The molecule has 0 spiro atoms. The van der Waals surface area contributed by atoms with Crippen molar-refractivity contribution in [2.45, 2.75) is 31.5 Å². The Morgan fingerprint density at radius 1 is 1.39 bits per heavy atom. The van der Waals surface area contributed by atoms with E-state index in [-0.39, 0.29) is 24.8 Å². The summed E-state index contributed by atoms with van der Waals surface area (Å²) in [7, 11) is 1.14. The van der Waals surface area contributed by atoms with Crippen molar-refractivity contribution in [1.82, 2.24) is 5.32 Å². The van der Waals surface area contributed by atoms with Crippen LogP contribution in [0.4, 0.5) is 13.2 Å². The Labute approximate surface area is 131 Å². The molecule has 124 valence electrons. The van der Waals surface area contributed by atoms with Gasteiger partial charge in [0, 0.05) is 6.42 Å². The van der Waals surface area contributed by atoms with Gasteiger partial charge in [0.2, 0.25) is 5.91 Å². The topological polar surface area (TPSA) is 79.2 Å². The number of methoxy groups -OCH3 is 1. The number of alkyl halides is 3. The average Bonchev–Trinajstić information content (AvgIpc) is 2.50. The van der Waals surface area contributed by atoms with Crippen molar-refractivity contribution in [2.24, 2.45) is 0 Å². The molecule has 0 saturated carbocycles. The maximum absolute atomic E-state index is 12.6. The maximum Gasteiger partial charge on any atom is 0.416 e. The molecule has 0 heterocycles. The van der Waals surface area contributed by atoms with Gasteiger partial charge in [0.1, 0.15) is 6.04 Å². The van der Waals surface area contributed by atoms with Gasteiger partial charge in [0.15, 0.2) is 0 Å². The number of hydrogen-bond acceptors (Lipinski definition) is 4. The fourth-order valence-corrected chi connectivity index (χ4v) is 1.89. The second kappa shape index (κ2) is 8.17. The van der Waals surface area contributed by atoms with E-state index in [1.165, 1.54) is 12.1 Å². The highest BCUT2D eigenvalue weighted by Crippen LogP contribution is 2.29. The lowest BCUT2D eigenvalue weighted by Crippen LogP contribution is -2.42. The second-order valence-electron chi connectivity index (χ2n) is 4.71. The number of benzene rings is 1. The van der Waals surface area contributed by atoms with Crippen LogP contribution in [0.25, 0.3) is 0 Å². The zero-order valence-corrected chi connectivity index (χ0v) is 12.3. The quantitative estimate of drug-likeness (QED) is 0.812. The van der Waals surface area contributed by atoms with E-state index < -0.39 is 29.7 Å². The van der Waals surface area contributed by atoms with Crippen LogP contribution in [0.15, 0.2) is 24.3 Å². The first-order valence-electron chi connectivity index (χ1n) is 6.68. The van der Waals surface area contributed by atoms with Crippen molar-refractivity contribution in [1.29, 1.82) is 5.26 Å². The van der Waals surface area contributed by atoms with Crippen molar-refractivity contribution in [3.05, 3.63) is 35.4 Å². The summed E-state index contributed by atoms with van der Waals surface area (Å²) in [5.74, 6) is -1.34. The molecule has 0 radical (unpaired) electrons. The predicted molar refractivity (Wildman–Crippen MR) is 73.9 cm³/mol. The van der Waals surface area contributed by atoms with E-state index in [0.717, 1.165) is 19.2 Å². The first-order valence-corrected chi connectivity index (χ1v) is 6.68. The van der Waals surface area contributed by atoms with Crippen molar-refractivity contribution in [3.8, 4) is 6.07 Å². The van der Waals surface area contributed by atoms with Gasteiger partial charge < -0.3 is 10.1 Å². The Morgan fingerprint density at radius 3 is 2.65 bits per heavy atom. The van der Waals surface area contributed by atoms with Gasteiger partial charge >= 0.3 is 12.1 Å². The molecule has 23 heavy (non-hydrogen) atoms. The van der Waals surface area contributed by atoms with E-state index in [4.69, 9.17) is 5.26 Å². The van der Waals surface area contributed by atoms with Crippen LogP contribution in [0.2, 0.25) is 0 Å². The van der Waals surface area contributed by atoms with E-state index in [1.54, 1.807) is 0 Å². The van der Waals surface area contributed by atoms with Gasteiger partial charge in [-0.25, -0.2) is 4.79 Å². The first-order chi connectivity index (χ1) is 10.8. The maximum atomic E-state index is 12.6. The Balaban J connectivity index is 2.75. The molecule has 0 bridgehead atoms. The lowest BCUT2D eigenvalue weighted by molar-refractivity contribution is -0.145. The molecule has 1 aromatic rings. The Kier molecular flexibility index (Phi) is 6.57. The van der Waals surface area contributed by atoms with Gasteiger partial charge in [-0.1, -0.05) is 18.2 Å². The summed E-state index contributed by atoms with van der Waals surface area (Å²) in [6.45, 7) is 0. The number of rotatable bonds is 6. The third-order valence-electron chi connectivity index (χ3n) is 2.98. The zero-order chi connectivity index (χ0) is 17.5. The van der Waals surface area contributed by atoms with Gasteiger partial charge in [0.05, 0.1) is 25.2 Å². The molecule has 0 saturated heterocycles. The number of hydrogen-bond donors (Lipinski definition) is 1. The van der Waals surface area contributed by atoms with E-state index >= 15 is 0 Å². The van der Waals surface area contributed by atoms with E-state index in [1.807, 2.05) is 6.07 Å². The molecule has 5 nitrogen and oxygen atoms in total. The molecule has 1 N–H and O–H groups in total. The Morgan fingerprint density at radius 2 is 2.09 bits per heavy atom. The first kappa shape index (κ1) is 18.5.